The second-order valence-electron chi connectivity index (χ2n) is 7.81. The summed E-state index contributed by atoms with van der Waals surface area (Å²) in [5, 5.41) is 8.28. The van der Waals surface area contributed by atoms with Crippen molar-refractivity contribution in [2.45, 2.75) is 57.3 Å². The number of hydrogen-bond acceptors (Lipinski definition) is 10. The lowest BCUT2D eigenvalue weighted by Gasteiger charge is -2.25. The summed E-state index contributed by atoms with van der Waals surface area (Å²) in [5.41, 5.74) is 2.62. The molecule has 1 rings (SSSR count). The summed E-state index contributed by atoms with van der Waals surface area (Å²) in [5.74, 6) is -0.651. The summed E-state index contributed by atoms with van der Waals surface area (Å²) in [6.45, 7) is 9.07. The molecule has 35 heavy (non-hydrogen) atoms. The predicted octanol–water partition coefficient (Wildman–Crippen LogP) is 3.62. The summed E-state index contributed by atoms with van der Waals surface area (Å²) in [6.07, 6.45) is -0.0683. The molecule has 0 radical (unpaired) electrons. The number of rotatable bonds is 14. The highest BCUT2D eigenvalue weighted by atomic mass is 32.9. The predicted molar refractivity (Wildman–Crippen MR) is 147 cm³/mol. The fourth-order valence-electron chi connectivity index (χ4n) is 2.12. The first-order valence-electron chi connectivity index (χ1n) is 10.4. The van der Waals surface area contributed by atoms with Crippen LogP contribution in [0.15, 0.2) is 35.2 Å². The van der Waals surface area contributed by atoms with Gasteiger partial charge in [-0.3, -0.25) is 9.36 Å². The van der Waals surface area contributed by atoms with E-state index in [9.17, 15) is 17.8 Å². The number of carbonyl (C=O) groups is 1. The number of nitrogens with two attached hydrogens (primary N) is 1. The summed E-state index contributed by atoms with van der Waals surface area (Å²) in [7, 11) is -6.59. The second kappa shape index (κ2) is 17.2. The molecule has 2 unspecified atom stereocenters. The number of benzene rings is 1. The molecule has 1 aromatic rings. The van der Waals surface area contributed by atoms with Crippen LogP contribution in [-0.2, 0) is 40.2 Å². The van der Waals surface area contributed by atoms with E-state index in [-0.39, 0.29) is 42.4 Å². The Hall–Kier alpha value is -0.370. The fourth-order valence-corrected chi connectivity index (χ4v) is 9.73. The Labute approximate surface area is 217 Å². The van der Waals surface area contributed by atoms with Crippen molar-refractivity contribution in [3.63, 3.8) is 0 Å². The minimum atomic E-state index is -3.49. The van der Waals surface area contributed by atoms with Crippen molar-refractivity contribution in [2.24, 2.45) is 5.73 Å². The first kappa shape index (κ1) is 36.8. The van der Waals surface area contributed by atoms with Gasteiger partial charge in [0, 0.05) is 25.1 Å². The number of hydrogen-bond donors (Lipinski definition) is 5. The molecule has 2 atom stereocenters. The highest BCUT2D eigenvalue weighted by Crippen LogP contribution is 2.62. The van der Waals surface area contributed by atoms with E-state index in [4.69, 9.17) is 36.6 Å². The maximum absolute atomic E-state index is 12.1. The van der Waals surface area contributed by atoms with Gasteiger partial charge in [-0.25, -0.2) is 13.1 Å². The van der Waals surface area contributed by atoms with Gasteiger partial charge in [0.2, 0.25) is 15.7 Å². The number of carboxylic acids is 1. The van der Waals surface area contributed by atoms with E-state index in [1.54, 1.807) is 30.3 Å². The van der Waals surface area contributed by atoms with Gasteiger partial charge in [-0.1, -0.05) is 29.6 Å². The van der Waals surface area contributed by atoms with Crippen LogP contribution < -0.4 is 16.6 Å². The molecule has 0 aliphatic carbocycles. The largest absolute Gasteiger partial charge is 0.480 e. The molecule has 8 N–H and O–H groups in total. The zero-order valence-corrected chi connectivity index (χ0v) is 24.9. The zero-order valence-electron chi connectivity index (χ0n) is 20.7. The van der Waals surface area contributed by atoms with Crippen LogP contribution in [0.4, 0.5) is 0 Å². The van der Waals surface area contributed by atoms with E-state index in [0.717, 1.165) is 0 Å². The van der Waals surface area contributed by atoms with E-state index in [2.05, 4.69) is 4.72 Å². The molecule has 1 aromatic carbocycles. The van der Waals surface area contributed by atoms with E-state index >= 15 is 0 Å². The summed E-state index contributed by atoms with van der Waals surface area (Å²) >= 11 is 6.88. The van der Waals surface area contributed by atoms with Crippen molar-refractivity contribution in [3.8, 4) is 0 Å². The van der Waals surface area contributed by atoms with Gasteiger partial charge in [0.1, 0.15) is 6.04 Å². The molecule has 0 aliphatic heterocycles. The minimum Gasteiger partial charge on any atom is -0.480 e. The normalized spacial score (nSPS) is 14.4. The Morgan fingerprint density at radius 2 is 1.66 bits per heavy atom. The third-order valence-corrected chi connectivity index (χ3v) is 11.7. The molecular weight excluding hydrogens is 556 g/mol. The maximum atomic E-state index is 12.1. The van der Waals surface area contributed by atoms with Crippen LogP contribution in [0.2, 0.25) is 0 Å². The van der Waals surface area contributed by atoms with Crippen molar-refractivity contribution in [2.75, 3.05) is 25.1 Å². The Morgan fingerprint density at radius 1 is 1.17 bits per heavy atom. The van der Waals surface area contributed by atoms with Gasteiger partial charge in [-0.05, 0) is 58.1 Å². The molecule has 0 heterocycles. The monoisotopic (exact) mass is 595 g/mol. The molecular formula is C19H39N3O8P2S3. The number of sulfonamides is 1. The number of carboxylic acid groups (broad SMARTS) is 1. The van der Waals surface area contributed by atoms with Gasteiger partial charge in [-0.15, -0.1) is 0 Å². The zero-order chi connectivity index (χ0) is 26.6. The third-order valence-electron chi connectivity index (χ3n) is 3.55. The molecule has 0 fully saturated rings. The fraction of sp³-hybridized carbons (Fsp3) is 0.632. The highest BCUT2D eigenvalue weighted by molar-refractivity contribution is 8.67. The molecule has 16 heteroatoms. The second-order valence-corrected chi connectivity index (χ2v) is 18.5. The average Bonchev–Trinajstić information content (AvgIpc) is 2.68. The summed E-state index contributed by atoms with van der Waals surface area (Å²) < 4.78 is 48.9. The van der Waals surface area contributed by atoms with Gasteiger partial charge in [0.05, 0.1) is 17.1 Å². The third kappa shape index (κ3) is 18.5. The van der Waals surface area contributed by atoms with E-state index in [1.165, 1.54) is 18.0 Å². The van der Waals surface area contributed by atoms with E-state index < -0.39 is 35.1 Å². The Balaban J connectivity index is 0. The average molecular weight is 596 g/mol. The van der Waals surface area contributed by atoms with E-state index in [0.29, 0.717) is 5.75 Å². The van der Waals surface area contributed by atoms with Crippen molar-refractivity contribution >= 4 is 52.2 Å². The number of nitrogens with one attached hydrogen (secondary N) is 1. The first-order chi connectivity index (χ1) is 15.5. The van der Waals surface area contributed by atoms with Crippen LogP contribution in [0.3, 0.4) is 0 Å². The lowest BCUT2D eigenvalue weighted by atomic mass is 10.2. The van der Waals surface area contributed by atoms with Crippen molar-refractivity contribution in [1.82, 2.24) is 10.9 Å². The Bertz CT molecular complexity index is 930. The molecule has 0 saturated carbocycles. The van der Waals surface area contributed by atoms with Crippen molar-refractivity contribution in [1.29, 1.82) is 0 Å². The van der Waals surface area contributed by atoms with Crippen LogP contribution in [0, 0.1) is 0 Å². The molecule has 0 bridgehead atoms. The molecule has 11 nitrogen and oxygen atoms in total. The smallest absolute Gasteiger partial charge is 0.320 e. The minimum absolute atomic E-state index is 0. The van der Waals surface area contributed by atoms with Gasteiger partial charge >= 0.3 is 5.97 Å². The Kier molecular flexibility index (Phi) is 18.1. The molecule has 206 valence electrons. The van der Waals surface area contributed by atoms with Crippen LogP contribution >= 0.6 is 24.4 Å². The van der Waals surface area contributed by atoms with Crippen molar-refractivity contribution in [3.05, 3.63) is 30.3 Å². The first-order valence-corrected chi connectivity index (χ1v) is 18.4. The molecule has 0 saturated heterocycles. The highest BCUT2D eigenvalue weighted by Gasteiger charge is 2.23. The molecule has 0 aliphatic rings. The summed E-state index contributed by atoms with van der Waals surface area (Å²) in [6, 6.07) is 7.24. The lowest BCUT2D eigenvalue weighted by molar-refractivity contribution is -0.138. The van der Waals surface area contributed by atoms with Crippen LogP contribution in [-0.4, -0.2) is 67.8 Å². The SMILES string of the molecule is CC(C)OP(=S)(OC(C)C)SCCNS(=O)(=O)c1ccccc1.CP(=O)(O)CCC(N)C(=O)O.N. The standard InChI is InChI=1S/C14H24NO4PS3.C5H12NO4P.H3N/c1-12(2)18-20(21,19-13(3)4)22-11-10-15-23(16,17)14-8-6-5-7-9-14;1-11(9,10)3-2-4(6)5(7)8;/h5-9,12-13,15H,10-11H2,1-4H3;4H,2-3,6H2,1H3,(H,7,8)(H,9,10);1H3. The van der Waals surface area contributed by atoms with E-state index in [1.807, 2.05) is 27.7 Å². The Morgan fingerprint density at radius 3 is 2.06 bits per heavy atom. The van der Waals surface area contributed by atoms with Gasteiger partial charge in [0.15, 0.2) is 7.37 Å². The topological polar surface area (TPSA) is 200 Å². The van der Waals surface area contributed by atoms with Crippen molar-refractivity contribution < 1.29 is 36.8 Å². The molecule has 0 aromatic heterocycles. The van der Waals surface area contributed by atoms with Gasteiger partial charge in [-0.2, -0.15) is 0 Å². The van der Waals surface area contributed by atoms with Crippen LogP contribution in [0.25, 0.3) is 0 Å². The lowest BCUT2D eigenvalue weighted by Crippen LogP contribution is -2.30. The quantitative estimate of drug-likeness (QED) is 0.155. The van der Waals surface area contributed by atoms with Crippen LogP contribution in [0.1, 0.15) is 34.1 Å². The van der Waals surface area contributed by atoms with Crippen LogP contribution in [0.5, 0.6) is 0 Å². The van der Waals surface area contributed by atoms with Gasteiger partial charge in [0.25, 0.3) is 0 Å². The van der Waals surface area contributed by atoms with Gasteiger partial charge < -0.3 is 30.9 Å². The molecule has 0 spiro atoms. The maximum Gasteiger partial charge on any atom is 0.320 e. The number of aliphatic carboxylic acids is 1. The summed E-state index contributed by atoms with van der Waals surface area (Å²) in [4.78, 5) is 19.1. The molecule has 0 amide bonds.